The Labute approximate surface area is 159 Å². The molecule has 0 saturated carbocycles. The van der Waals surface area contributed by atoms with Crippen LogP contribution in [0.25, 0.3) is 0 Å². The molecule has 3 N–H and O–H groups in total. The molecule has 0 aromatic carbocycles. The topological polar surface area (TPSA) is 89.9 Å². The number of fused-ring (bicyclic) bond motifs is 1. The van der Waals surface area contributed by atoms with Gasteiger partial charge in [-0.15, -0.1) is 0 Å². The second kappa shape index (κ2) is 6.89. The Bertz CT molecular complexity index is 572. The number of β-lactam (4-membered cyclic amide) rings is 1. The van der Waals surface area contributed by atoms with Gasteiger partial charge in [-0.05, 0) is 6.92 Å². The zero-order valence-electron chi connectivity index (χ0n) is 14.3. The molecule has 0 spiro atoms. The molecule has 0 aromatic rings. The maximum atomic E-state index is 12.3. The number of hydrogen-bond donors (Lipinski definition) is 3. The van der Waals surface area contributed by atoms with Crippen LogP contribution in [-0.4, -0.2) is 83.4 Å². The highest BCUT2D eigenvalue weighted by Gasteiger charge is 2.60. The largest absolute Gasteiger partial charge is 1.00 e. The first-order valence-electron chi connectivity index (χ1n) is 8.28. The summed E-state index contributed by atoms with van der Waals surface area (Å²) < 4.78 is 0.789. The lowest BCUT2D eigenvalue weighted by molar-refractivity contribution is -0.906. The number of carbonyl (C=O) groups excluding carboxylic acids is 1. The van der Waals surface area contributed by atoms with E-state index >= 15 is 0 Å². The van der Waals surface area contributed by atoms with Crippen LogP contribution in [-0.2, 0) is 9.59 Å². The van der Waals surface area contributed by atoms with Crippen molar-refractivity contribution in [1.29, 1.82) is 0 Å². The normalized spacial score (nSPS) is 32.8. The van der Waals surface area contributed by atoms with Crippen molar-refractivity contribution in [3.8, 4) is 0 Å². The Kier molecular flexibility index (Phi) is 5.63. The molecule has 0 aromatic heterocycles. The van der Waals surface area contributed by atoms with E-state index in [1.165, 1.54) is 4.90 Å². The third-order valence-corrected chi connectivity index (χ3v) is 5.73. The zero-order chi connectivity index (χ0) is 16.9. The fourth-order valence-corrected chi connectivity index (χ4v) is 4.36. The molecule has 4 unspecified atom stereocenters. The van der Waals surface area contributed by atoms with Gasteiger partial charge in [-0.25, -0.2) is 4.79 Å². The molecule has 3 aliphatic rings. The molecule has 2 fully saturated rings. The Balaban J connectivity index is 0.00000208. The van der Waals surface area contributed by atoms with Gasteiger partial charge in [0, 0.05) is 24.6 Å². The number of halogens is 1. The number of carboxylic acids is 1. The predicted octanol–water partition coefficient (Wildman–Crippen LogP) is -3.76. The van der Waals surface area contributed by atoms with E-state index < -0.39 is 18.0 Å². The number of rotatable bonds is 4. The van der Waals surface area contributed by atoms with E-state index in [9.17, 15) is 19.8 Å². The number of aliphatic carboxylic acids is 1. The third-order valence-electron chi connectivity index (χ3n) is 5.73. The number of piperazine rings is 1. The molecule has 24 heavy (non-hydrogen) atoms. The fraction of sp³-hybridized carbons (Fsp3) is 0.750. The summed E-state index contributed by atoms with van der Waals surface area (Å²) in [7, 11) is 2.14. The minimum Gasteiger partial charge on any atom is -1.00 e. The van der Waals surface area contributed by atoms with Crippen LogP contribution >= 0.6 is 0 Å². The summed E-state index contributed by atoms with van der Waals surface area (Å²) >= 11 is 0. The van der Waals surface area contributed by atoms with Gasteiger partial charge in [0.15, 0.2) is 0 Å². The average molecular weight is 451 g/mol. The number of carboxylic acid groups (broad SMARTS) is 1. The smallest absolute Gasteiger partial charge is 0.352 e. The quantitative estimate of drug-likeness (QED) is 0.232. The summed E-state index contributed by atoms with van der Waals surface area (Å²) in [6.45, 7) is 7.97. The Hall–Kier alpha value is -0.710. The number of nitrogens with one attached hydrogen (secondary N) is 1. The molecular weight excluding hydrogens is 425 g/mol. The number of aliphatic hydroxyl groups excluding tert-OH is 1. The first-order chi connectivity index (χ1) is 10.8. The summed E-state index contributed by atoms with van der Waals surface area (Å²) in [5, 5.41) is 22.8. The second-order valence-corrected chi connectivity index (χ2v) is 7.41. The molecule has 3 heterocycles. The van der Waals surface area contributed by atoms with Crippen LogP contribution in [0.5, 0.6) is 0 Å². The fourth-order valence-electron chi connectivity index (χ4n) is 4.36. The lowest BCUT2D eigenvalue weighted by atomic mass is 9.77. The summed E-state index contributed by atoms with van der Waals surface area (Å²) in [5.74, 6) is -1.80. The van der Waals surface area contributed by atoms with E-state index in [0.717, 1.165) is 36.2 Å². The SMILES string of the molecule is CC(O)C1C(=O)N2C(C(=O)O)=C(C[N+]3(C)CCNCC3)C(C)C12.[I-]. The van der Waals surface area contributed by atoms with Crippen LogP contribution < -0.4 is 29.3 Å². The van der Waals surface area contributed by atoms with E-state index in [1.54, 1.807) is 6.92 Å². The molecule has 136 valence electrons. The van der Waals surface area contributed by atoms with Crippen molar-refractivity contribution in [3.63, 3.8) is 0 Å². The lowest BCUT2D eigenvalue weighted by Gasteiger charge is -2.46. The van der Waals surface area contributed by atoms with Crippen molar-refractivity contribution in [2.45, 2.75) is 26.0 Å². The van der Waals surface area contributed by atoms with Gasteiger partial charge in [-0.2, -0.15) is 0 Å². The number of carbonyl (C=O) groups is 2. The maximum absolute atomic E-state index is 12.3. The van der Waals surface area contributed by atoms with Crippen molar-refractivity contribution < 1.29 is 48.3 Å². The van der Waals surface area contributed by atoms with Crippen LogP contribution in [0.3, 0.4) is 0 Å². The van der Waals surface area contributed by atoms with Gasteiger partial charge < -0.3 is 48.9 Å². The first kappa shape index (κ1) is 19.6. The van der Waals surface area contributed by atoms with E-state index in [4.69, 9.17) is 0 Å². The molecule has 0 radical (unpaired) electrons. The van der Waals surface area contributed by atoms with Crippen LogP contribution in [0.2, 0.25) is 0 Å². The standard InChI is InChI=1S/C16H25N3O4.HI/c1-9-11(8-19(3)6-4-17-5-7-19)14(16(22)23)18-13(9)12(10(2)20)15(18)21;/h9-10,12-13,17,20H,4-8H2,1-3H3;1H. The highest BCUT2D eigenvalue weighted by molar-refractivity contribution is 6.00. The van der Waals surface area contributed by atoms with Gasteiger partial charge in [-0.3, -0.25) is 4.79 Å². The predicted molar refractivity (Wildman–Crippen MR) is 83.3 cm³/mol. The molecule has 0 bridgehead atoms. The van der Waals surface area contributed by atoms with Gasteiger partial charge in [-0.1, -0.05) is 6.92 Å². The van der Waals surface area contributed by atoms with Gasteiger partial charge in [0.2, 0.25) is 5.91 Å². The van der Waals surface area contributed by atoms with Crippen molar-refractivity contribution in [3.05, 3.63) is 11.3 Å². The van der Waals surface area contributed by atoms with Crippen molar-refractivity contribution in [1.82, 2.24) is 10.2 Å². The van der Waals surface area contributed by atoms with Crippen LogP contribution in [0.4, 0.5) is 0 Å². The van der Waals surface area contributed by atoms with E-state index in [2.05, 4.69) is 12.4 Å². The van der Waals surface area contributed by atoms with Gasteiger partial charge in [0.05, 0.1) is 38.2 Å². The van der Waals surface area contributed by atoms with E-state index in [0.29, 0.717) is 6.54 Å². The minimum atomic E-state index is -1.03. The molecule has 1 amide bonds. The van der Waals surface area contributed by atoms with Gasteiger partial charge in [0.25, 0.3) is 0 Å². The van der Waals surface area contributed by atoms with Crippen molar-refractivity contribution in [2.75, 3.05) is 39.8 Å². The summed E-state index contributed by atoms with van der Waals surface area (Å²) in [5.41, 5.74) is 1.01. The van der Waals surface area contributed by atoms with E-state index in [-0.39, 0.29) is 47.5 Å². The highest BCUT2D eigenvalue weighted by atomic mass is 127. The summed E-state index contributed by atoms with van der Waals surface area (Å²) in [6, 6.07) is -0.210. The van der Waals surface area contributed by atoms with Crippen LogP contribution in [0.1, 0.15) is 13.8 Å². The van der Waals surface area contributed by atoms with E-state index in [1.807, 2.05) is 6.92 Å². The molecule has 8 heteroatoms. The van der Waals surface area contributed by atoms with Gasteiger partial charge >= 0.3 is 5.97 Å². The molecule has 2 saturated heterocycles. The zero-order valence-corrected chi connectivity index (χ0v) is 16.5. The Morgan fingerprint density at radius 1 is 1.42 bits per heavy atom. The number of quaternary nitrogens is 1. The average Bonchev–Trinajstić information content (AvgIpc) is 2.69. The lowest BCUT2D eigenvalue weighted by Crippen LogP contribution is -3.00. The number of aliphatic hydroxyl groups is 1. The number of nitrogens with zero attached hydrogens (tertiary/aromatic N) is 2. The molecular formula is C16H26IN3O4. The molecule has 3 aliphatic heterocycles. The second-order valence-electron chi connectivity index (χ2n) is 7.41. The maximum Gasteiger partial charge on any atom is 0.352 e. The minimum absolute atomic E-state index is 0. The summed E-state index contributed by atoms with van der Waals surface area (Å²) in [6.07, 6.45) is -0.746. The number of likely N-dealkylation sites (N-methyl/N-ethyl adjacent to an activating group) is 1. The van der Waals surface area contributed by atoms with Crippen molar-refractivity contribution in [2.24, 2.45) is 11.8 Å². The summed E-state index contributed by atoms with van der Waals surface area (Å²) in [4.78, 5) is 25.5. The Morgan fingerprint density at radius 2 is 2.00 bits per heavy atom. The monoisotopic (exact) mass is 451 g/mol. The molecule has 7 nitrogen and oxygen atoms in total. The van der Waals surface area contributed by atoms with Gasteiger partial charge in [0.1, 0.15) is 12.2 Å². The number of hydrogen-bond acceptors (Lipinski definition) is 4. The van der Waals surface area contributed by atoms with Crippen molar-refractivity contribution >= 4 is 11.9 Å². The van der Waals surface area contributed by atoms with Crippen LogP contribution in [0.15, 0.2) is 11.3 Å². The highest BCUT2D eigenvalue weighted by Crippen LogP contribution is 2.47. The molecule has 3 rings (SSSR count). The number of amides is 1. The Morgan fingerprint density at radius 3 is 2.50 bits per heavy atom. The molecule has 0 aliphatic carbocycles. The first-order valence-corrected chi connectivity index (χ1v) is 8.28. The third kappa shape index (κ3) is 2.97. The van der Waals surface area contributed by atoms with Crippen LogP contribution in [0, 0.1) is 11.8 Å². The molecule has 4 atom stereocenters.